The molecule has 1 atom stereocenters. The average molecular weight is 293 g/mol. The molecule has 0 amide bonds. The van der Waals surface area contributed by atoms with Crippen molar-refractivity contribution in [2.24, 2.45) is 5.41 Å². The highest BCUT2D eigenvalue weighted by atomic mass is 32.2. The van der Waals surface area contributed by atoms with Crippen LogP contribution in [0.2, 0.25) is 0 Å². The van der Waals surface area contributed by atoms with Crippen molar-refractivity contribution in [3.8, 4) is 6.07 Å². The zero-order valence-corrected chi connectivity index (χ0v) is 12.5. The van der Waals surface area contributed by atoms with E-state index in [1.165, 1.54) is 12.1 Å². The van der Waals surface area contributed by atoms with Gasteiger partial charge in [-0.3, -0.25) is 0 Å². The second-order valence-corrected chi connectivity index (χ2v) is 7.48. The lowest BCUT2D eigenvalue weighted by molar-refractivity contribution is 0.206. The summed E-state index contributed by atoms with van der Waals surface area (Å²) in [6, 6.07) is 7.93. The Morgan fingerprint density at radius 2 is 2.20 bits per heavy atom. The van der Waals surface area contributed by atoms with E-state index in [1.807, 2.05) is 19.9 Å². The summed E-state index contributed by atoms with van der Waals surface area (Å²) < 4.78 is 27.6. The van der Waals surface area contributed by atoms with Crippen LogP contribution in [0, 0.1) is 16.7 Å². The van der Waals surface area contributed by atoms with Gasteiger partial charge in [0, 0.05) is 12.6 Å². The molecule has 1 aromatic rings. The summed E-state index contributed by atoms with van der Waals surface area (Å²) in [6.07, 6.45) is 0.754. The van der Waals surface area contributed by atoms with Crippen LogP contribution in [-0.4, -0.2) is 27.5 Å². The fourth-order valence-corrected chi connectivity index (χ4v) is 3.86. The van der Waals surface area contributed by atoms with Crippen LogP contribution in [-0.2, 0) is 10.0 Å². The molecule has 1 heterocycles. The summed E-state index contributed by atoms with van der Waals surface area (Å²) in [6.45, 7) is 5.66. The van der Waals surface area contributed by atoms with Gasteiger partial charge >= 0.3 is 0 Å². The number of piperidine rings is 1. The first-order valence-corrected chi connectivity index (χ1v) is 8.07. The molecule has 2 N–H and O–H groups in total. The fraction of sp³-hybridized carbons (Fsp3) is 0.500. The third kappa shape index (κ3) is 3.18. The number of hydrogen-bond donors (Lipinski definition) is 2. The van der Waals surface area contributed by atoms with Gasteiger partial charge in [-0.05, 0) is 36.6 Å². The summed E-state index contributed by atoms with van der Waals surface area (Å²) in [4.78, 5) is 0.144. The van der Waals surface area contributed by atoms with Crippen molar-refractivity contribution in [1.29, 1.82) is 5.26 Å². The molecule has 0 spiro atoms. The van der Waals surface area contributed by atoms with Crippen LogP contribution in [0.4, 0.5) is 0 Å². The lowest BCUT2D eigenvalue weighted by Crippen LogP contribution is -2.54. The van der Waals surface area contributed by atoms with Gasteiger partial charge in [0.1, 0.15) is 0 Å². The second-order valence-electron chi connectivity index (χ2n) is 5.77. The van der Waals surface area contributed by atoms with Gasteiger partial charge in [-0.15, -0.1) is 0 Å². The molecular weight excluding hydrogens is 274 g/mol. The highest BCUT2D eigenvalue weighted by molar-refractivity contribution is 7.89. The number of nitriles is 1. The lowest BCUT2D eigenvalue weighted by Gasteiger charge is -2.39. The standard InChI is InChI=1S/C14H19N3O2S/c1-14(2)10-16-7-6-13(14)17-20(18,19)12-5-3-4-11(8-12)9-15/h3-5,8,13,16-17H,6-7,10H2,1-2H3. The van der Waals surface area contributed by atoms with Crippen molar-refractivity contribution < 1.29 is 8.42 Å². The maximum absolute atomic E-state index is 12.4. The third-order valence-electron chi connectivity index (χ3n) is 3.70. The Bertz CT molecular complexity index is 632. The van der Waals surface area contributed by atoms with Gasteiger partial charge in [0.15, 0.2) is 0 Å². The summed E-state index contributed by atoms with van der Waals surface area (Å²) in [7, 11) is -3.59. The van der Waals surface area contributed by atoms with E-state index < -0.39 is 10.0 Å². The molecule has 0 aromatic heterocycles. The van der Waals surface area contributed by atoms with Crippen molar-refractivity contribution in [2.75, 3.05) is 13.1 Å². The Morgan fingerprint density at radius 1 is 1.45 bits per heavy atom. The molecule has 0 saturated carbocycles. The van der Waals surface area contributed by atoms with Crippen molar-refractivity contribution in [3.63, 3.8) is 0 Å². The molecule has 1 saturated heterocycles. The Kier molecular flexibility index (Phi) is 4.14. The van der Waals surface area contributed by atoms with Crippen LogP contribution in [0.3, 0.4) is 0 Å². The first kappa shape index (κ1) is 15.0. The van der Waals surface area contributed by atoms with E-state index in [2.05, 4.69) is 10.0 Å². The van der Waals surface area contributed by atoms with Crippen molar-refractivity contribution in [1.82, 2.24) is 10.0 Å². The molecule has 1 unspecified atom stereocenters. The molecule has 1 aliphatic heterocycles. The Labute approximate surface area is 120 Å². The lowest BCUT2D eigenvalue weighted by atomic mass is 9.81. The van der Waals surface area contributed by atoms with E-state index in [0.717, 1.165) is 19.5 Å². The van der Waals surface area contributed by atoms with Gasteiger partial charge < -0.3 is 5.32 Å². The van der Waals surface area contributed by atoms with Gasteiger partial charge in [0.25, 0.3) is 0 Å². The Balaban J connectivity index is 2.25. The molecule has 1 aromatic carbocycles. The number of nitrogens with one attached hydrogen (secondary N) is 2. The maximum atomic E-state index is 12.4. The molecule has 1 aliphatic rings. The van der Waals surface area contributed by atoms with E-state index in [0.29, 0.717) is 5.56 Å². The fourth-order valence-electron chi connectivity index (χ4n) is 2.38. The predicted molar refractivity (Wildman–Crippen MR) is 76.5 cm³/mol. The van der Waals surface area contributed by atoms with E-state index in [-0.39, 0.29) is 16.4 Å². The van der Waals surface area contributed by atoms with Crippen LogP contribution in [0.15, 0.2) is 29.2 Å². The predicted octanol–water partition coefficient (Wildman–Crippen LogP) is 1.22. The zero-order valence-electron chi connectivity index (χ0n) is 11.7. The minimum absolute atomic E-state index is 0.112. The first-order chi connectivity index (χ1) is 9.35. The Morgan fingerprint density at radius 3 is 2.85 bits per heavy atom. The van der Waals surface area contributed by atoms with Gasteiger partial charge in [-0.1, -0.05) is 19.9 Å². The molecule has 1 fully saturated rings. The van der Waals surface area contributed by atoms with Gasteiger partial charge in [-0.2, -0.15) is 5.26 Å². The molecule has 20 heavy (non-hydrogen) atoms. The van der Waals surface area contributed by atoms with Crippen LogP contribution >= 0.6 is 0 Å². The van der Waals surface area contributed by atoms with Gasteiger partial charge in [0.2, 0.25) is 10.0 Å². The Hall–Kier alpha value is -1.42. The minimum Gasteiger partial charge on any atom is -0.316 e. The molecule has 0 aliphatic carbocycles. The van der Waals surface area contributed by atoms with Crippen LogP contribution in [0.25, 0.3) is 0 Å². The number of nitrogens with zero attached hydrogens (tertiary/aromatic N) is 1. The second kappa shape index (κ2) is 5.52. The van der Waals surface area contributed by atoms with Crippen LogP contribution in [0.1, 0.15) is 25.8 Å². The number of rotatable bonds is 3. The molecule has 2 rings (SSSR count). The number of sulfonamides is 1. The SMILES string of the molecule is CC1(C)CNCCC1NS(=O)(=O)c1cccc(C#N)c1. The summed E-state index contributed by atoms with van der Waals surface area (Å²) in [5, 5.41) is 12.1. The summed E-state index contributed by atoms with van der Waals surface area (Å²) in [5.41, 5.74) is 0.204. The third-order valence-corrected chi connectivity index (χ3v) is 5.17. The van der Waals surface area contributed by atoms with Gasteiger partial charge in [-0.25, -0.2) is 13.1 Å². The molecule has 0 bridgehead atoms. The van der Waals surface area contributed by atoms with E-state index in [4.69, 9.17) is 5.26 Å². The maximum Gasteiger partial charge on any atom is 0.240 e. The molecular formula is C14H19N3O2S. The molecule has 5 nitrogen and oxygen atoms in total. The van der Waals surface area contributed by atoms with Gasteiger partial charge in [0.05, 0.1) is 16.5 Å². The van der Waals surface area contributed by atoms with Crippen LogP contribution in [0.5, 0.6) is 0 Å². The number of hydrogen-bond acceptors (Lipinski definition) is 4. The van der Waals surface area contributed by atoms with E-state index in [1.54, 1.807) is 12.1 Å². The molecule has 6 heteroatoms. The number of benzene rings is 1. The van der Waals surface area contributed by atoms with E-state index in [9.17, 15) is 8.42 Å². The topological polar surface area (TPSA) is 82.0 Å². The highest BCUT2D eigenvalue weighted by Crippen LogP contribution is 2.26. The van der Waals surface area contributed by atoms with Crippen molar-refractivity contribution >= 4 is 10.0 Å². The highest BCUT2D eigenvalue weighted by Gasteiger charge is 2.35. The smallest absolute Gasteiger partial charge is 0.240 e. The zero-order chi connectivity index (χ0) is 14.8. The molecule has 0 radical (unpaired) electrons. The van der Waals surface area contributed by atoms with Crippen molar-refractivity contribution in [2.45, 2.75) is 31.2 Å². The van der Waals surface area contributed by atoms with E-state index >= 15 is 0 Å². The van der Waals surface area contributed by atoms with Crippen LogP contribution < -0.4 is 10.0 Å². The van der Waals surface area contributed by atoms with Crippen molar-refractivity contribution in [3.05, 3.63) is 29.8 Å². The average Bonchev–Trinajstić information content (AvgIpc) is 2.41. The largest absolute Gasteiger partial charge is 0.316 e. The first-order valence-electron chi connectivity index (χ1n) is 6.58. The monoisotopic (exact) mass is 293 g/mol. The normalized spacial score (nSPS) is 22.1. The quantitative estimate of drug-likeness (QED) is 0.878. The summed E-state index contributed by atoms with van der Waals surface area (Å²) >= 11 is 0. The minimum atomic E-state index is -3.59. The molecule has 108 valence electrons. The summed E-state index contributed by atoms with van der Waals surface area (Å²) in [5.74, 6) is 0.